The molecular formula is C13H18O2. The van der Waals surface area contributed by atoms with Gasteiger partial charge in [-0.15, -0.1) is 0 Å². The van der Waals surface area contributed by atoms with Crippen LogP contribution in [0.25, 0.3) is 6.08 Å². The van der Waals surface area contributed by atoms with Crippen molar-refractivity contribution in [2.45, 2.75) is 26.4 Å². The largest absolute Gasteiger partial charge is 0.491 e. The van der Waals surface area contributed by atoms with Crippen LogP contribution in [-0.4, -0.2) is 17.3 Å². The molecule has 0 aliphatic carbocycles. The van der Waals surface area contributed by atoms with Crippen LogP contribution in [0.5, 0.6) is 5.75 Å². The third-order valence-corrected chi connectivity index (χ3v) is 1.83. The third-order valence-electron chi connectivity index (χ3n) is 1.83. The maximum atomic E-state index is 9.48. The monoisotopic (exact) mass is 206 g/mol. The highest BCUT2D eigenvalue weighted by Gasteiger charge is 2.12. The van der Waals surface area contributed by atoms with Crippen molar-refractivity contribution in [3.63, 3.8) is 0 Å². The van der Waals surface area contributed by atoms with Crippen molar-refractivity contribution in [1.29, 1.82) is 0 Å². The Labute approximate surface area is 91.2 Å². The fraction of sp³-hybridized carbons (Fsp3) is 0.385. The van der Waals surface area contributed by atoms with Gasteiger partial charge in [0.1, 0.15) is 12.4 Å². The van der Waals surface area contributed by atoms with E-state index >= 15 is 0 Å². The molecule has 0 unspecified atom stereocenters. The van der Waals surface area contributed by atoms with Gasteiger partial charge in [0.2, 0.25) is 0 Å². The summed E-state index contributed by atoms with van der Waals surface area (Å²) in [5.74, 6) is 0.783. The van der Waals surface area contributed by atoms with Crippen molar-refractivity contribution in [3.8, 4) is 5.75 Å². The Kier molecular flexibility index (Phi) is 3.92. The zero-order valence-corrected chi connectivity index (χ0v) is 9.53. The predicted molar refractivity (Wildman–Crippen MR) is 62.9 cm³/mol. The summed E-state index contributed by atoms with van der Waals surface area (Å²) in [6.07, 6.45) is 4.02. The lowest BCUT2D eigenvalue weighted by molar-refractivity contribution is 0.0285. The van der Waals surface area contributed by atoms with Crippen LogP contribution in [0.1, 0.15) is 26.3 Å². The minimum absolute atomic E-state index is 0.302. The Balaban J connectivity index is 2.57. The molecule has 2 nitrogen and oxygen atoms in total. The lowest BCUT2D eigenvalue weighted by Crippen LogP contribution is -2.27. The quantitative estimate of drug-likeness (QED) is 0.820. The van der Waals surface area contributed by atoms with E-state index in [-0.39, 0.29) is 0 Å². The van der Waals surface area contributed by atoms with Crippen molar-refractivity contribution in [3.05, 3.63) is 35.9 Å². The van der Waals surface area contributed by atoms with Crippen LogP contribution < -0.4 is 4.74 Å². The SMILES string of the molecule is C/C=C/c1ccc(OCC(C)(C)O)cc1. The van der Waals surface area contributed by atoms with E-state index in [0.717, 1.165) is 11.3 Å². The van der Waals surface area contributed by atoms with E-state index in [1.807, 2.05) is 43.3 Å². The minimum Gasteiger partial charge on any atom is -0.491 e. The Morgan fingerprint density at radius 3 is 2.33 bits per heavy atom. The maximum Gasteiger partial charge on any atom is 0.119 e. The third kappa shape index (κ3) is 4.66. The number of hydrogen-bond acceptors (Lipinski definition) is 2. The van der Waals surface area contributed by atoms with E-state index in [4.69, 9.17) is 4.74 Å². The van der Waals surface area contributed by atoms with E-state index in [9.17, 15) is 5.11 Å². The molecule has 2 heteroatoms. The average Bonchev–Trinajstić information content (AvgIpc) is 2.16. The summed E-state index contributed by atoms with van der Waals surface area (Å²) in [6.45, 7) is 5.73. The Morgan fingerprint density at radius 1 is 1.27 bits per heavy atom. The molecule has 0 heterocycles. The standard InChI is InChI=1S/C13H18O2/c1-4-5-11-6-8-12(9-7-11)15-10-13(2,3)14/h4-9,14H,10H2,1-3H3/b5-4+. The summed E-state index contributed by atoms with van der Waals surface area (Å²) in [5.41, 5.74) is 0.357. The molecule has 1 N–H and O–H groups in total. The zero-order chi connectivity index (χ0) is 11.3. The second-order valence-corrected chi connectivity index (χ2v) is 4.17. The summed E-state index contributed by atoms with van der Waals surface area (Å²) < 4.78 is 5.43. The molecule has 1 rings (SSSR count). The molecule has 0 spiro atoms. The first-order valence-electron chi connectivity index (χ1n) is 5.09. The molecule has 0 radical (unpaired) electrons. The van der Waals surface area contributed by atoms with Crippen LogP contribution in [0.3, 0.4) is 0 Å². The van der Waals surface area contributed by atoms with E-state index in [1.165, 1.54) is 0 Å². The average molecular weight is 206 g/mol. The Hall–Kier alpha value is -1.28. The smallest absolute Gasteiger partial charge is 0.119 e. The van der Waals surface area contributed by atoms with Gasteiger partial charge in [0, 0.05) is 0 Å². The van der Waals surface area contributed by atoms with E-state index in [2.05, 4.69) is 0 Å². The number of hydrogen-bond donors (Lipinski definition) is 1. The number of aliphatic hydroxyl groups is 1. The van der Waals surface area contributed by atoms with E-state index in [0.29, 0.717) is 6.61 Å². The van der Waals surface area contributed by atoms with Crippen LogP contribution in [0.2, 0.25) is 0 Å². The Morgan fingerprint density at radius 2 is 1.87 bits per heavy atom. The molecule has 82 valence electrons. The second kappa shape index (κ2) is 4.99. The number of benzene rings is 1. The van der Waals surface area contributed by atoms with Gasteiger partial charge in [0.25, 0.3) is 0 Å². The molecule has 0 atom stereocenters. The summed E-state index contributed by atoms with van der Waals surface area (Å²) in [7, 11) is 0. The number of allylic oxidation sites excluding steroid dienone is 1. The number of ether oxygens (including phenoxy) is 1. The van der Waals surface area contributed by atoms with Gasteiger partial charge in [-0.1, -0.05) is 24.3 Å². The van der Waals surface area contributed by atoms with Gasteiger partial charge in [0.15, 0.2) is 0 Å². The molecular weight excluding hydrogens is 188 g/mol. The van der Waals surface area contributed by atoms with Gasteiger partial charge >= 0.3 is 0 Å². The van der Waals surface area contributed by atoms with Crippen LogP contribution in [0.4, 0.5) is 0 Å². The van der Waals surface area contributed by atoms with E-state index in [1.54, 1.807) is 13.8 Å². The van der Waals surface area contributed by atoms with Gasteiger partial charge in [0.05, 0.1) is 5.60 Å². The molecule has 0 amide bonds. The normalized spacial score (nSPS) is 12.0. The fourth-order valence-electron chi connectivity index (χ4n) is 1.13. The molecule has 0 aromatic heterocycles. The van der Waals surface area contributed by atoms with Crippen LogP contribution >= 0.6 is 0 Å². The molecule has 1 aromatic carbocycles. The van der Waals surface area contributed by atoms with Crippen LogP contribution in [-0.2, 0) is 0 Å². The van der Waals surface area contributed by atoms with Gasteiger partial charge < -0.3 is 9.84 Å². The molecule has 0 aliphatic rings. The predicted octanol–water partition coefficient (Wildman–Crippen LogP) is 2.87. The molecule has 1 aromatic rings. The summed E-state index contributed by atoms with van der Waals surface area (Å²) >= 11 is 0. The molecule has 0 bridgehead atoms. The molecule has 15 heavy (non-hydrogen) atoms. The van der Waals surface area contributed by atoms with Crippen molar-refractivity contribution in [1.82, 2.24) is 0 Å². The second-order valence-electron chi connectivity index (χ2n) is 4.17. The molecule has 0 aliphatic heterocycles. The molecule has 0 saturated heterocycles. The lowest BCUT2D eigenvalue weighted by atomic mass is 10.1. The van der Waals surface area contributed by atoms with Gasteiger partial charge in [-0.25, -0.2) is 0 Å². The van der Waals surface area contributed by atoms with Crippen molar-refractivity contribution in [2.75, 3.05) is 6.61 Å². The zero-order valence-electron chi connectivity index (χ0n) is 9.53. The van der Waals surface area contributed by atoms with Crippen molar-refractivity contribution in [2.24, 2.45) is 0 Å². The van der Waals surface area contributed by atoms with Gasteiger partial charge in [-0.2, -0.15) is 0 Å². The molecule has 0 fully saturated rings. The summed E-state index contributed by atoms with van der Waals surface area (Å²) in [6, 6.07) is 7.78. The first kappa shape index (κ1) is 11.8. The molecule has 0 saturated carbocycles. The Bertz CT molecular complexity index is 317. The highest BCUT2D eigenvalue weighted by atomic mass is 16.5. The van der Waals surface area contributed by atoms with Gasteiger partial charge in [-0.05, 0) is 38.5 Å². The summed E-state index contributed by atoms with van der Waals surface area (Å²) in [5, 5.41) is 9.48. The van der Waals surface area contributed by atoms with Crippen LogP contribution in [0.15, 0.2) is 30.3 Å². The fourth-order valence-corrected chi connectivity index (χ4v) is 1.13. The first-order chi connectivity index (χ1) is 7.01. The van der Waals surface area contributed by atoms with Gasteiger partial charge in [-0.3, -0.25) is 0 Å². The van der Waals surface area contributed by atoms with E-state index < -0.39 is 5.60 Å². The lowest BCUT2D eigenvalue weighted by Gasteiger charge is -2.17. The maximum absolute atomic E-state index is 9.48. The number of rotatable bonds is 4. The highest BCUT2D eigenvalue weighted by Crippen LogP contribution is 2.14. The first-order valence-corrected chi connectivity index (χ1v) is 5.09. The van der Waals surface area contributed by atoms with Crippen molar-refractivity contribution < 1.29 is 9.84 Å². The van der Waals surface area contributed by atoms with Crippen molar-refractivity contribution >= 4 is 6.08 Å². The highest BCUT2D eigenvalue weighted by molar-refractivity contribution is 5.50. The summed E-state index contributed by atoms with van der Waals surface area (Å²) in [4.78, 5) is 0. The van der Waals surface area contributed by atoms with Crippen LogP contribution in [0, 0.1) is 0 Å². The minimum atomic E-state index is -0.790. The topological polar surface area (TPSA) is 29.5 Å².